The number of methoxy groups -OCH3 is 1. The summed E-state index contributed by atoms with van der Waals surface area (Å²) in [7, 11) is 1.24. The molecule has 1 aromatic carbocycles. The van der Waals surface area contributed by atoms with E-state index >= 15 is 0 Å². The zero-order chi connectivity index (χ0) is 21.1. The van der Waals surface area contributed by atoms with E-state index in [0.717, 1.165) is 10.9 Å². The van der Waals surface area contributed by atoms with Crippen molar-refractivity contribution in [3.05, 3.63) is 57.2 Å². The van der Waals surface area contributed by atoms with Crippen LogP contribution < -0.4 is 10.1 Å². The molecular formula is C16H15ClFN7O4. The fourth-order valence-electron chi connectivity index (χ4n) is 2.44. The number of amides is 1. The molecule has 13 heteroatoms. The number of hydrogen-bond acceptors (Lipinski definition) is 7. The van der Waals surface area contributed by atoms with Gasteiger partial charge in [-0.3, -0.25) is 20.2 Å². The number of halogens is 2. The third-order valence-corrected chi connectivity index (χ3v) is 4.35. The van der Waals surface area contributed by atoms with E-state index < -0.39 is 22.7 Å². The van der Waals surface area contributed by atoms with Crippen LogP contribution >= 0.6 is 11.6 Å². The summed E-state index contributed by atoms with van der Waals surface area (Å²) >= 11 is 5.99. The van der Waals surface area contributed by atoms with Crippen LogP contribution in [0.15, 0.2) is 30.7 Å². The third kappa shape index (κ3) is 4.32. The average Bonchev–Trinajstić information content (AvgIpc) is 3.31. The first kappa shape index (κ1) is 20.2. The summed E-state index contributed by atoms with van der Waals surface area (Å²) < 4.78 is 21.1. The Balaban J connectivity index is 1.71. The molecule has 0 saturated carbocycles. The van der Waals surface area contributed by atoms with E-state index in [0.29, 0.717) is 0 Å². The molecule has 0 radical (unpaired) electrons. The number of ether oxygens (including phenoxy) is 1. The zero-order valence-corrected chi connectivity index (χ0v) is 16.0. The number of aromatic nitrogens is 5. The van der Waals surface area contributed by atoms with Crippen LogP contribution in [0, 0.1) is 15.9 Å². The van der Waals surface area contributed by atoms with Crippen LogP contribution in [0.3, 0.4) is 0 Å². The van der Waals surface area contributed by atoms with Gasteiger partial charge in [-0.15, -0.1) is 10.2 Å². The lowest BCUT2D eigenvalue weighted by atomic mass is 10.2. The number of carbonyl (C=O) groups excluding carboxylic acids is 1. The molecule has 3 rings (SSSR count). The lowest BCUT2D eigenvalue weighted by Crippen LogP contribution is -2.24. The van der Waals surface area contributed by atoms with Gasteiger partial charge in [-0.25, -0.2) is 18.7 Å². The third-order valence-electron chi connectivity index (χ3n) is 4.00. The Morgan fingerprint density at radius 2 is 2.21 bits per heavy atom. The molecule has 1 unspecified atom stereocenters. The number of hydrogen-bond donors (Lipinski definition) is 1. The van der Waals surface area contributed by atoms with Gasteiger partial charge in [0, 0.05) is 10.6 Å². The van der Waals surface area contributed by atoms with Crippen LogP contribution in [0.4, 0.5) is 16.0 Å². The number of nitrogens with one attached hydrogen (secondary N) is 1. The van der Waals surface area contributed by atoms with Crippen LogP contribution in [0.5, 0.6) is 5.88 Å². The van der Waals surface area contributed by atoms with E-state index in [-0.39, 0.29) is 34.6 Å². The molecule has 2 aromatic heterocycles. The van der Waals surface area contributed by atoms with Crippen molar-refractivity contribution >= 4 is 29.1 Å². The molecule has 2 heterocycles. The molecule has 29 heavy (non-hydrogen) atoms. The van der Waals surface area contributed by atoms with E-state index in [9.17, 15) is 19.3 Å². The normalized spacial score (nSPS) is 11.9. The highest BCUT2D eigenvalue weighted by molar-refractivity contribution is 6.31. The predicted octanol–water partition coefficient (Wildman–Crippen LogP) is 2.43. The second-order valence-electron chi connectivity index (χ2n) is 5.89. The Morgan fingerprint density at radius 3 is 2.83 bits per heavy atom. The first-order valence-electron chi connectivity index (χ1n) is 8.21. The van der Waals surface area contributed by atoms with Gasteiger partial charge in [-0.05, 0) is 19.1 Å². The van der Waals surface area contributed by atoms with Gasteiger partial charge in [0.2, 0.25) is 5.95 Å². The number of rotatable bonds is 7. The topological polar surface area (TPSA) is 130 Å². The largest absolute Gasteiger partial charge is 0.475 e. The van der Waals surface area contributed by atoms with Gasteiger partial charge in [-0.2, -0.15) is 0 Å². The summed E-state index contributed by atoms with van der Waals surface area (Å²) in [6.45, 7) is 1.51. The van der Waals surface area contributed by atoms with Crippen LogP contribution in [-0.2, 0) is 11.3 Å². The van der Waals surface area contributed by atoms with Crippen molar-refractivity contribution in [2.45, 2.75) is 19.5 Å². The monoisotopic (exact) mass is 423 g/mol. The molecule has 0 bridgehead atoms. The molecule has 1 atom stereocenters. The van der Waals surface area contributed by atoms with Gasteiger partial charge in [0.25, 0.3) is 5.91 Å². The summed E-state index contributed by atoms with van der Waals surface area (Å²) in [6, 6.07) is 3.41. The first-order valence-corrected chi connectivity index (χ1v) is 8.58. The van der Waals surface area contributed by atoms with Crippen molar-refractivity contribution in [1.82, 2.24) is 24.5 Å². The van der Waals surface area contributed by atoms with Crippen LogP contribution in [0.1, 0.15) is 18.5 Å². The average molecular weight is 424 g/mol. The Kier molecular flexibility index (Phi) is 5.73. The maximum atomic E-state index is 13.9. The summed E-state index contributed by atoms with van der Waals surface area (Å²) in [5.74, 6) is -1.28. The molecule has 3 aromatic rings. The molecule has 0 spiro atoms. The highest BCUT2D eigenvalue weighted by atomic mass is 35.5. The number of nitrogens with zero attached hydrogens (tertiary/aromatic N) is 6. The zero-order valence-electron chi connectivity index (χ0n) is 15.2. The van der Waals surface area contributed by atoms with Crippen molar-refractivity contribution in [1.29, 1.82) is 0 Å². The molecule has 0 fully saturated rings. The SMILES string of the molecule is COc1nn(C(C)C(=O)Nc2ncn(Cc3c(F)cccc3Cl)n2)cc1[N+](=O)[O-]. The quantitative estimate of drug-likeness (QED) is 0.456. The standard InChI is InChI=1S/C16H15ClFN7O4/c1-9(24-7-13(25(27)28)15(21-24)29-2)14(26)20-16-19-8-23(22-16)6-10-11(17)4-3-5-12(10)18/h3-5,7-9H,6H2,1-2H3,(H,20,22,26). The fourth-order valence-corrected chi connectivity index (χ4v) is 2.67. The lowest BCUT2D eigenvalue weighted by molar-refractivity contribution is -0.385. The molecule has 0 aliphatic carbocycles. The predicted molar refractivity (Wildman–Crippen MR) is 99.3 cm³/mol. The van der Waals surface area contributed by atoms with Gasteiger partial charge in [0.15, 0.2) is 0 Å². The number of nitro groups is 1. The van der Waals surface area contributed by atoms with Crippen molar-refractivity contribution in [2.75, 3.05) is 12.4 Å². The molecule has 152 valence electrons. The smallest absolute Gasteiger partial charge is 0.350 e. The second kappa shape index (κ2) is 8.22. The minimum Gasteiger partial charge on any atom is -0.475 e. The molecule has 0 saturated heterocycles. The molecule has 1 amide bonds. The van der Waals surface area contributed by atoms with Crippen molar-refractivity contribution < 1.29 is 18.8 Å². The Hall–Kier alpha value is -3.54. The minimum atomic E-state index is -0.912. The fraction of sp³-hybridized carbons (Fsp3) is 0.250. The number of carbonyl (C=O) groups is 1. The van der Waals surface area contributed by atoms with E-state index in [1.165, 1.54) is 37.2 Å². The van der Waals surface area contributed by atoms with Gasteiger partial charge < -0.3 is 4.74 Å². The summed E-state index contributed by atoms with van der Waals surface area (Å²) in [4.78, 5) is 26.7. The lowest BCUT2D eigenvalue weighted by Gasteiger charge is -2.10. The van der Waals surface area contributed by atoms with Crippen LogP contribution in [0.2, 0.25) is 5.02 Å². The van der Waals surface area contributed by atoms with Gasteiger partial charge in [-0.1, -0.05) is 17.7 Å². The number of anilines is 1. The van der Waals surface area contributed by atoms with E-state index in [4.69, 9.17) is 16.3 Å². The summed E-state index contributed by atoms with van der Waals surface area (Å²) in [5, 5.41) is 21.6. The maximum Gasteiger partial charge on any atom is 0.350 e. The van der Waals surface area contributed by atoms with Gasteiger partial charge in [0.05, 0.1) is 18.6 Å². The Labute approximate surface area is 168 Å². The first-order chi connectivity index (χ1) is 13.8. The second-order valence-corrected chi connectivity index (χ2v) is 6.30. The highest BCUT2D eigenvalue weighted by Gasteiger charge is 2.25. The van der Waals surface area contributed by atoms with Gasteiger partial charge in [0.1, 0.15) is 24.4 Å². The molecule has 11 nitrogen and oxygen atoms in total. The minimum absolute atomic E-state index is 0.0203. The molecule has 1 N–H and O–H groups in total. The van der Waals surface area contributed by atoms with E-state index in [1.54, 1.807) is 6.07 Å². The molecule has 0 aliphatic rings. The van der Waals surface area contributed by atoms with Crippen LogP contribution in [-0.4, -0.2) is 42.5 Å². The number of benzene rings is 1. The molecule has 0 aliphatic heterocycles. The summed E-state index contributed by atoms with van der Waals surface area (Å²) in [6.07, 6.45) is 2.40. The molecular weight excluding hydrogens is 409 g/mol. The van der Waals surface area contributed by atoms with E-state index in [1.807, 2.05) is 0 Å². The van der Waals surface area contributed by atoms with Crippen LogP contribution in [0.25, 0.3) is 0 Å². The maximum absolute atomic E-state index is 13.9. The van der Waals surface area contributed by atoms with Gasteiger partial charge >= 0.3 is 11.6 Å². The van der Waals surface area contributed by atoms with Crippen molar-refractivity contribution in [3.63, 3.8) is 0 Å². The van der Waals surface area contributed by atoms with Crippen molar-refractivity contribution in [2.24, 2.45) is 0 Å². The Bertz CT molecular complexity index is 1050. The Morgan fingerprint density at radius 1 is 1.45 bits per heavy atom. The van der Waals surface area contributed by atoms with E-state index in [2.05, 4.69) is 20.5 Å². The van der Waals surface area contributed by atoms with Crippen molar-refractivity contribution in [3.8, 4) is 5.88 Å². The summed E-state index contributed by atoms with van der Waals surface area (Å²) in [5.41, 5.74) is -0.127. The highest BCUT2D eigenvalue weighted by Crippen LogP contribution is 2.26.